The molecule has 1 atom stereocenters. The number of amides is 2. The van der Waals surface area contributed by atoms with Crippen LogP contribution in [-0.2, 0) is 26.3 Å². The SMILES string of the molecule is CON(C)C(=O)[C@H](Cc1ccc(NC(=O)OC(C)(C)C)cc1)NC(c1ccccc1)(c1ccccc1)c1ccccc1. The fourth-order valence-corrected chi connectivity index (χ4v) is 4.97. The van der Waals surface area contributed by atoms with Crippen LogP contribution in [0.4, 0.5) is 10.5 Å². The van der Waals surface area contributed by atoms with Gasteiger partial charge in [0, 0.05) is 12.7 Å². The number of nitrogens with one attached hydrogen (secondary N) is 2. The van der Waals surface area contributed by atoms with Crippen molar-refractivity contribution in [2.75, 3.05) is 19.5 Å². The van der Waals surface area contributed by atoms with E-state index in [9.17, 15) is 9.59 Å². The van der Waals surface area contributed by atoms with E-state index in [0.29, 0.717) is 12.1 Å². The molecule has 0 saturated carbocycles. The third-order valence-corrected chi connectivity index (χ3v) is 6.93. The Morgan fingerprint density at radius 1 is 0.738 bits per heavy atom. The second-order valence-electron chi connectivity index (χ2n) is 11.1. The molecule has 0 aliphatic carbocycles. The molecule has 0 unspecified atom stereocenters. The van der Waals surface area contributed by atoms with Gasteiger partial charge in [0.25, 0.3) is 5.91 Å². The van der Waals surface area contributed by atoms with Crippen molar-refractivity contribution in [1.29, 1.82) is 0 Å². The van der Waals surface area contributed by atoms with Crippen molar-refractivity contribution < 1.29 is 19.2 Å². The predicted molar refractivity (Wildman–Crippen MR) is 166 cm³/mol. The summed E-state index contributed by atoms with van der Waals surface area (Å²) in [5, 5.41) is 7.80. The van der Waals surface area contributed by atoms with E-state index in [0.717, 1.165) is 22.3 Å². The maximum atomic E-state index is 13.9. The second kappa shape index (κ2) is 13.5. The zero-order chi connectivity index (χ0) is 30.2. The summed E-state index contributed by atoms with van der Waals surface area (Å²) in [6.07, 6.45) is -0.155. The number of carbonyl (C=O) groups is 2. The lowest BCUT2D eigenvalue weighted by Crippen LogP contribution is -2.56. The lowest BCUT2D eigenvalue weighted by molar-refractivity contribution is -0.171. The zero-order valence-electron chi connectivity index (χ0n) is 24.8. The molecule has 0 heterocycles. The lowest BCUT2D eigenvalue weighted by atomic mass is 9.76. The van der Waals surface area contributed by atoms with E-state index in [1.807, 2.05) is 87.5 Å². The van der Waals surface area contributed by atoms with Crippen molar-refractivity contribution in [3.63, 3.8) is 0 Å². The van der Waals surface area contributed by atoms with E-state index in [-0.39, 0.29) is 5.91 Å². The van der Waals surface area contributed by atoms with Crippen LogP contribution in [0.25, 0.3) is 0 Å². The number of ether oxygens (including phenoxy) is 1. The predicted octanol–water partition coefficient (Wildman–Crippen LogP) is 6.55. The summed E-state index contributed by atoms with van der Waals surface area (Å²) in [5.74, 6) is -0.222. The minimum Gasteiger partial charge on any atom is -0.444 e. The van der Waals surface area contributed by atoms with Crippen LogP contribution in [-0.4, -0.2) is 42.9 Å². The average Bonchev–Trinajstić information content (AvgIpc) is 2.99. The molecule has 0 bridgehead atoms. The van der Waals surface area contributed by atoms with E-state index in [4.69, 9.17) is 9.57 Å². The highest BCUT2D eigenvalue weighted by atomic mass is 16.7. The Labute approximate surface area is 248 Å². The third kappa shape index (κ3) is 7.43. The molecule has 0 fully saturated rings. The Morgan fingerprint density at radius 2 is 1.19 bits per heavy atom. The van der Waals surface area contributed by atoms with Crippen molar-refractivity contribution in [2.24, 2.45) is 0 Å². The summed E-state index contributed by atoms with van der Waals surface area (Å²) >= 11 is 0. The number of hydrogen-bond acceptors (Lipinski definition) is 5. The van der Waals surface area contributed by atoms with Crippen molar-refractivity contribution in [3.8, 4) is 0 Å². The summed E-state index contributed by atoms with van der Waals surface area (Å²) in [7, 11) is 3.09. The van der Waals surface area contributed by atoms with Crippen LogP contribution in [0.15, 0.2) is 115 Å². The highest BCUT2D eigenvalue weighted by molar-refractivity contribution is 5.85. The number of anilines is 1. The molecular weight excluding hydrogens is 526 g/mol. The first kappa shape index (κ1) is 30.5. The topological polar surface area (TPSA) is 79.9 Å². The Morgan fingerprint density at radius 3 is 1.60 bits per heavy atom. The minimum absolute atomic E-state index is 0.222. The van der Waals surface area contributed by atoms with E-state index in [1.54, 1.807) is 19.2 Å². The van der Waals surface area contributed by atoms with Crippen LogP contribution in [0.2, 0.25) is 0 Å². The molecule has 2 N–H and O–H groups in total. The summed E-state index contributed by atoms with van der Waals surface area (Å²) in [4.78, 5) is 31.4. The summed E-state index contributed by atoms with van der Waals surface area (Å²) in [5.41, 5.74) is 3.05. The highest BCUT2D eigenvalue weighted by Crippen LogP contribution is 2.37. The number of nitrogens with zero attached hydrogens (tertiary/aromatic N) is 1. The molecule has 0 aliphatic rings. The largest absolute Gasteiger partial charge is 0.444 e. The van der Waals surface area contributed by atoms with Crippen LogP contribution in [0.3, 0.4) is 0 Å². The van der Waals surface area contributed by atoms with Crippen molar-refractivity contribution in [2.45, 2.75) is 44.4 Å². The summed E-state index contributed by atoms with van der Waals surface area (Å²) in [6.45, 7) is 5.45. The van der Waals surface area contributed by atoms with Crippen molar-refractivity contribution in [1.82, 2.24) is 10.4 Å². The van der Waals surface area contributed by atoms with Gasteiger partial charge < -0.3 is 4.74 Å². The van der Waals surface area contributed by atoms with E-state index in [2.05, 4.69) is 47.0 Å². The molecule has 4 aromatic carbocycles. The molecule has 0 saturated heterocycles. The van der Waals surface area contributed by atoms with Crippen molar-refractivity contribution >= 4 is 17.7 Å². The van der Waals surface area contributed by atoms with Crippen LogP contribution in [0.5, 0.6) is 0 Å². The van der Waals surface area contributed by atoms with Gasteiger partial charge in [0.1, 0.15) is 5.60 Å². The molecular formula is C35H39N3O4. The first-order chi connectivity index (χ1) is 20.1. The first-order valence-corrected chi connectivity index (χ1v) is 14.0. The Bertz CT molecular complexity index is 1340. The lowest BCUT2D eigenvalue weighted by Gasteiger charge is -2.40. The van der Waals surface area contributed by atoms with Gasteiger partial charge in [-0.1, -0.05) is 103 Å². The van der Waals surface area contributed by atoms with Gasteiger partial charge >= 0.3 is 6.09 Å². The molecule has 0 radical (unpaired) electrons. The van der Waals surface area contributed by atoms with Crippen molar-refractivity contribution in [3.05, 3.63) is 138 Å². The number of carbonyl (C=O) groups excluding carboxylic acids is 2. The maximum Gasteiger partial charge on any atom is 0.412 e. The quantitative estimate of drug-likeness (QED) is 0.168. The molecule has 0 aromatic heterocycles. The molecule has 42 heavy (non-hydrogen) atoms. The van der Waals surface area contributed by atoms with E-state index >= 15 is 0 Å². The number of benzene rings is 4. The van der Waals surface area contributed by atoms with Gasteiger partial charge in [-0.05, 0) is 61.6 Å². The second-order valence-corrected chi connectivity index (χ2v) is 11.1. The Hall–Kier alpha value is -4.46. The third-order valence-electron chi connectivity index (χ3n) is 6.93. The first-order valence-electron chi connectivity index (χ1n) is 14.0. The number of hydrogen-bond donors (Lipinski definition) is 2. The van der Waals surface area contributed by atoms with Crippen LogP contribution in [0, 0.1) is 0 Å². The van der Waals surface area contributed by atoms with Crippen LogP contribution >= 0.6 is 0 Å². The van der Waals surface area contributed by atoms with Gasteiger partial charge in [0.2, 0.25) is 0 Å². The number of rotatable bonds is 10. The standard InChI is InChI=1S/C35H39N3O4/c1-34(2,3)42-33(40)36-30-23-21-26(22-24-30)25-31(32(39)38(4)41-5)37-35(27-15-9-6-10-16-27,28-17-11-7-12-18-28)29-19-13-8-14-20-29/h6-24,31,37H,25H2,1-5H3,(H,36,40)/t31-/m0/s1. The van der Waals surface area contributed by atoms with E-state index < -0.39 is 23.3 Å². The summed E-state index contributed by atoms with van der Waals surface area (Å²) < 4.78 is 5.36. The monoisotopic (exact) mass is 565 g/mol. The van der Waals surface area contributed by atoms with Gasteiger partial charge in [0.15, 0.2) is 0 Å². The molecule has 4 aromatic rings. The number of likely N-dealkylation sites (N-methyl/N-ethyl adjacent to an activating group) is 1. The van der Waals surface area contributed by atoms with Crippen LogP contribution in [0.1, 0.15) is 43.0 Å². The van der Waals surface area contributed by atoms with Gasteiger partial charge in [-0.2, -0.15) is 0 Å². The van der Waals surface area contributed by atoms with E-state index in [1.165, 1.54) is 12.2 Å². The molecule has 0 spiro atoms. The fourth-order valence-electron chi connectivity index (χ4n) is 4.97. The van der Waals surface area contributed by atoms with Gasteiger partial charge in [-0.15, -0.1) is 0 Å². The molecule has 7 heteroatoms. The number of hydroxylamine groups is 2. The minimum atomic E-state index is -0.850. The van der Waals surface area contributed by atoms with Gasteiger partial charge in [-0.25, -0.2) is 9.86 Å². The average molecular weight is 566 g/mol. The van der Waals surface area contributed by atoms with Crippen LogP contribution < -0.4 is 10.6 Å². The highest BCUT2D eigenvalue weighted by Gasteiger charge is 2.40. The zero-order valence-corrected chi connectivity index (χ0v) is 24.8. The fraction of sp³-hybridized carbons (Fsp3) is 0.257. The molecule has 218 valence electrons. The summed E-state index contributed by atoms with van der Waals surface area (Å²) in [6, 6.07) is 37.2. The molecule has 2 amide bonds. The maximum absolute atomic E-state index is 13.9. The normalized spacial score (nSPS) is 12.3. The molecule has 0 aliphatic heterocycles. The molecule has 4 rings (SSSR count). The Balaban J connectivity index is 1.75. The smallest absolute Gasteiger partial charge is 0.412 e. The van der Waals surface area contributed by atoms with Gasteiger partial charge in [-0.3, -0.25) is 20.3 Å². The Kier molecular flexibility index (Phi) is 9.78. The van der Waals surface area contributed by atoms with Gasteiger partial charge in [0.05, 0.1) is 18.7 Å². The molecule has 7 nitrogen and oxygen atoms in total.